The van der Waals surface area contributed by atoms with Crippen molar-refractivity contribution in [2.75, 3.05) is 17.6 Å². The summed E-state index contributed by atoms with van der Waals surface area (Å²) in [6.45, 7) is 4.93. The van der Waals surface area contributed by atoms with Gasteiger partial charge in [0.05, 0.1) is 18.1 Å². The van der Waals surface area contributed by atoms with Crippen LogP contribution in [0, 0.1) is 0 Å². The summed E-state index contributed by atoms with van der Waals surface area (Å²) in [5.41, 5.74) is 0. The highest BCUT2D eigenvalue weighted by Crippen LogP contribution is 2.25. The van der Waals surface area contributed by atoms with Crippen LogP contribution in [0.4, 0.5) is 5.13 Å². The lowest BCUT2D eigenvalue weighted by molar-refractivity contribution is -0.119. The number of hydrogen-bond acceptors (Lipinski definition) is 7. The quantitative estimate of drug-likeness (QED) is 0.538. The lowest BCUT2D eigenvalue weighted by Gasteiger charge is -2.10. The Hall–Kier alpha value is -1.54. The second kappa shape index (κ2) is 8.79. The molecule has 22 heavy (non-hydrogen) atoms. The molecule has 0 spiro atoms. The number of carbonyl (C=O) groups excluding carboxylic acids is 1. The molecule has 2 aromatic rings. The van der Waals surface area contributed by atoms with Crippen molar-refractivity contribution >= 4 is 34.1 Å². The average molecular weight is 340 g/mol. The van der Waals surface area contributed by atoms with Gasteiger partial charge in [-0.2, -0.15) is 0 Å². The fraction of sp³-hybridized carbons (Fsp3) is 0.500. The summed E-state index contributed by atoms with van der Waals surface area (Å²) in [4.78, 5) is 11.9. The van der Waals surface area contributed by atoms with Gasteiger partial charge in [0.1, 0.15) is 5.76 Å². The van der Waals surface area contributed by atoms with E-state index in [1.165, 1.54) is 23.1 Å². The third kappa shape index (κ3) is 5.34. The molecule has 0 aliphatic carbocycles. The van der Waals surface area contributed by atoms with Gasteiger partial charge in [-0.05, 0) is 25.5 Å². The topological polar surface area (TPSA) is 80.0 Å². The van der Waals surface area contributed by atoms with Crippen molar-refractivity contribution in [3.8, 4) is 0 Å². The largest absolute Gasteiger partial charge is 0.467 e. The smallest absolute Gasteiger partial charge is 0.231 e. The van der Waals surface area contributed by atoms with Gasteiger partial charge >= 0.3 is 0 Å². The molecular formula is C14H20N4O2S2. The van der Waals surface area contributed by atoms with Crippen molar-refractivity contribution < 1.29 is 9.21 Å². The first-order valence-corrected chi connectivity index (χ1v) is 9.02. The molecule has 2 rings (SSSR count). The molecule has 0 saturated heterocycles. The predicted molar refractivity (Wildman–Crippen MR) is 89.3 cm³/mol. The van der Waals surface area contributed by atoms with Crippen LogP contribution in [0.15, 0.2) is 27.2 Å². The molecule has 2 N–H and O–H groups in total. The van der Waals surface area contributed by atoms with Gasteiger partial charge in [-0.1, -0.05) is 36.4 Å². The number of thioether (sulfide) groups is 1. The van der Waals surface area contributed by atoms with E-state index < -0.39 is 0 Å². The summed E-state index contributed by atoms with van der Waals surface area (Å²) in [6, 6.07) is 3.52. The molecule has 0 aliphatic heterocycles. The van der Waals surface area contributed by atoms with Gasteiger partial charge in [0.25, 0.3) is 0 Å². The summed E-state index contributed by atoms with van der Waals surface area (Å²) < 4.78 is 6.05. The highest BCUT2D eigenvalue weighted by molar-refractivity contribution is 8.01. The number of amides is 1. The molecule has 120 valence electrons. The zero-order chi connectivity index (χ0) is 15.8. The van der Waals surface area contributed by atoms with Gasteiger partial charge < -0.3 is 15.1 Å². The molecule has 0 fully saturated rings. The molecule has 0 bridgehead atoms. The van der Waals surface area contributed by atoms with Crippen LogP contribution in [-0.4, -0.2) is 28.4 Å². The zero-order valence-electron chi connectivity index (χ0n) is 12.7. The normalized spacial score (nSPS) is 12.1. The lowest BCUT2D eigenvalue weighted by atomic mass is 10.2. The highest BCUT2D eigenvalue weighted by Gasteiger charge is 2.13. The Balaban J connectivity index is 1.72. The number of nitrogens with zero attached hydrogens (tertiary/aromatic N) is 2. The number of nitrogens with one attached hydrogen (secondary N) is 2. The SMILES string of the molecule is CCCCNc1nnc(SCC(=O)NC(C)c2ccco2)s1. The molecule has 8 heteroatoms. The fourth-order valence-corrected chi connectivity index (χ4v) is 3.32. The van der Waals surface area contributed by atoms with Gasteiger partial charge in [-0.15, -0.1) is 10.2 Å². The van der Waals surface area contributed by atoms with E-state index in [9.17, 15) is 4.79 Å². The molecule has 0 aromatic carbocycles. The Morgan fingerprint density at radius 2 is 2.36 bits per heavy atom. The maximum Gasteiger partial charge on any atom is 0.231 e. The second-order valence-corrected chi connectivity index (χ2v) is 6.95. The maximum absolute atomic E-state index is 11.9. The van der Waals surface area contributed by atoms with Crippen molar-refractivity contribution in [1.82, 2.24) is 15.5 Å². The number of unbranched alkanes of at least 4 members (excludes halogenated alkanes) is 1. The Kier molecular flexibility index (Phi) is 6.73. The van der Waals surface area contributed by atoms with Crippen LogP contribution in [0.5, 0.6) is 0 Å². The first-order chi connectivity index (χ1) is 10.7. The van der Waals surface area contributed by atoms with Gasteiger partial charge in [-0.3, -0.25) is 4.79 Å². The minimum Gasteiger partial charge on any atom is -0.467 e. The van der Waals surface area contributed by atoms with Crippen molar-refractivity contribution in [2.24, 2.45) is 0 Å². The average Bonchev–Trinajstić information content (AvgIpc) is 3.17. The third-order valence-electron chi connectivity index (χ3n) is 2.89. The van der Waals surface area contributed by atoms with Gasteiger partial charge in [0.15, 0.2) is 4.34 Å². The van der Waals surface area contributed by atoms with E-state index in [0.29, 0.717) is 5.75 Å². The number of hydrogen-bond donors (Lipinski definition) is 2. The van der Waals surface area contributed by atoms with E-state index in [2.05, 4.69) is 27.8 Å². The standard InChI is InChI=1S/C14H20N4O2S2/c1-3-4-7-15-13-17-18-14(22-13)21-9-12(19)16-10(2)11-6-5-8-20-11/h5-6,8,10H,3-4,7,9H2,1-2H3,(H,15,17)(H,16,19). The number of rotatable bonds is 9. The van der Waals surface area contributed by atoms with Crippen LogP contribution >= 0.6 is 23.1 Å². The van der Waals surface area contributed by atoms with Crippen LogP contribution in [0.1, 0.15) is 38.5 Å². The van der Waals surface area contributed by atoms with E-state index in [4.69, 9.17) is 4.42 Å². The van der Waals surface area contributed by atoms with Gasteiger partial charge in [0.2, 0.25) is 11.0 Å². The number of anilines is 1. The van der Waals surface area contributed by atoms with E-state index in [1.807, 2.05) is 13.0 Å². The van der Waals surface area contributed by atoms with Crippen LogP contribution in [0.3, 0.4) is 0 Å². The molecule has 1 unspecified atom stereocenters. The highest BCUT2D eigenvalue weighted by atomic mass is 32.2. The minimum absolute atomic E-state index is 0.0513. The Bertz CT molecular complexity index is 571. The molecule has 6 nitrogen and oxygen atoms in total. The molecular weight excluding hydrogens is 320 g/mol. The van der Waals surface area contributed by atoms with Crippen LogP contribution < -0.4 is 10.6 Å². The monoisotopic (exact) mass is 340 g/mol. The number of aromatic nitrogens is 2. The molecule has 2 aromatic heterocycles. The maximum atomic E-state index is 11.9. The van der Waals surface area contributed by atoms with E-state index in [-0.39, 0.29) is 11.9 Å². The Morgan fingerprint density at radius 1 is 1.50 bits per heavy atom. The summed E-state index contributed by atoms with van der Waals surface area (Å²) in [7, 11) is 0. The first-order valence-electron chi connectivity index (χ1n) is 7.22. The van der Waals surface area contributed by atoms with Crippen LogP contribution in [0.2, 0.25) is 0 Å². The van der Waals surface area contributed by atoms with Crippen LogP contribution in [0.25, 0.3) is 0 Å². The van der Waals surface area contributed by atoms with Crippen molar-refractivity contribution in [1.29, 1.82) is 0 Å². The molecule has 1 atom stereocenters. The molecule has 0 radical (unpaired) electrons. The van der Waals surface area contributed by atoms with Gasteiger partial charge in [-0.25, -0.2) is 0 Å². The number of furan rings is 1. The van der Waals surface area contributed by atoms with Crippen molar-refractivity contribution in [3.05, 3.63) is 24.2 Å². The predicted octanol–water partition coefficient (Wildman–Crippen LogP) is 3.31. The Labute approximate surface area is 138 Å². The molecule has 2 heterocycles. The molecule has 1 amide bonds. The van der Waals surface area contributed by atoms with Crippen molar-refractivity contribution in [3.63, 3.8) is 0 Å². The summed E-state index contributed by atoms with van der Waals surface area (Å²) >= 11 is 2.86. The van der Waals surface area contributed by atoms with Crippen LogP contribution in [-0.2, 0) is 4.79 Å². The molecule has 0 saturated carbocycles. The van der Waals surface area contributed by atoms with Gasteiger partial charge in [0, 0.05) is 6.54 Å². The lowest BCUT2D eigenvalue weighted by Crippen LogP contribution is -2.27. The van der Waals surface area contributed by atoms with E-state index >= 15 is 0 Å². The number of carbonyl (C=O) groups is 1. The second-order valence-electron chi connectivity index (χ2n) is 4.75. The van der Waals surface area contributed by atoms with E-state index in [0.717, 1.165) is 34.6 Å². The molecule has 0 aliphatic rings. The van der Waals surface area contributed by atoms with Crippen molar-refractivity contribution in [2.45, 2.75) is 37.1 Å². The third-order valence-corrected chi connectivity index (χ3v) is 4.90. The summed E-state index contributed by atoms with van der Waals surface area (Å²) in [5.74, 6) is 1.01. The summed E-state index contributed by atoms with van der Waals surface area (Å²) in [5, 5.41) is 15.0. The minimum atomic E-state index is -0.135. The summed E-state index contributed by atoms with van der Waals surface area (Å²) in [6.07, 6.45) is 3.84. The fourth-order valence-electron chi connectivity index (χ4n) is 1.73. The zero-order valence-corrected chi connectivity index (χ0v) is 14.3. The first kappa shape index (κ1) is 16.8. The Morgan fingerprint density at radius 3 is 3.09 bits per heavy atom. The van der Waals surface area contributed by atoms with E-state index in [1.54, 1.807) is 12.3 Å².